The second-order valence-corrected chi connectivity index (χ2v) is 14.7. The van der Waals surface area contributed by atoms with Gasteiger partial charge in [0, 0.05) is 23.0 Å². The molecule has 4 heterocycles. The van der Waals surface area contributed by atoms with E-state index in [1.807, 2.05) is 6.33 Å². The van der Waals surface area contributed by atoms with E-state index in [1.165, 1.54) is 37.1 Å². The fourth-order valence-corrected chi connectivity index (χ4v) is 9.43. The van der Waals surface area contributed by atoms with Gasteiger partial charge in [-0.25, -0.2) is 9.55 Å². The van der Waals surface area contributed by atoms with Gasteiger partial charge in [0.15, 0.2) is 6.20 Å². The van der Waals surface area contributed by atoms with Gasteiger partial charge in [-0.05, 0) is 12.5 Å². The first-order chi connectivity index (χ1) is 14.9. The van der Waals surface area contributed by atoms with Gasteiger partial charge in [-0.3, -0.25) is 0 Å². The molecule has 31 heavy (non-hydrogen) atoms. The molecule has 0 bridgehead atoms. The number of hydrogen-bond donors (Lipinski definition) is 0. The van der Waals surface area contributed by atoms with Gasteiger partial charge in [-0.15, -0.1) is 11.3 Å². The number of benzene rings is 2. The number of aryl methyl sites for hydroxylation is 3. The highest BCUT2D eigenvalue weighted by Crippen LogP contribution is 2.39. The number of rotatable bonds is 2. The Morgan fingerprint density at radius 1 is 1.10 bits per heavy atom. The normalized spacial score (nSPS) is 12.7. The molecule has 0 unspecified atom stereocenters. The highest BCUT2D eigenvalue weighted by molar-refractivity contribution is 7.34. The van der Waals surface area contributed by atoms with Crippen LogP contribution in [0.1, 0.15) is 5.56 Å². The lowest BCUT2D eigenvalue weighted by Gasteiger charge is -2.21. The topological polar surface area (TPSA) is 34.8 Å². The van der Waals surface area contributed by atoms with Gasteiger partial charge in [0.25, 0.3) is 0 Å². The molecule has 6 heteroatoms. The van der Waals surface area contributed by atoms with Gasteiger partial charge in [0.2, 0.25) is 5.52 Å². The minimum absolute atomic E-state index is 0.944. The number of thiophene rings is 1. The van der Waals surface area contributed by atoms with Gasteiger partial charge in [-0.2, -0.15) is 0 Å². The van der Waals surface area contributed by atoms with Crippen molar-refractivity contribution in [3.05, 3.63) is 60.6 Å². The molecule has 6 aromatic rings. The van der Waals surface area contributed by atoms with E-state index in [1.54, 1.807) is 11.3 Å². The minimum atomic E-state index is -1.96. The summed E-state index contributed by atoms with van der Waals surface area (Å²) in [5, 5.41) is 5.02. The summed E-state index contributed by atoms with van der Waals surface area (Å²) >= 11 is 1.81. The summed E-state index contributed by atoms with van der Waals surface area (Å²) in [6, 6.07) is 15.3. The zero-order valence-corrected chi connectivity index (χ0v) is 20.2. The van der Waals surface area contributed by atoms with Gasteiger partial charge >= 0.3 is 0 Å². The summed E-state index contributed by atoms with van der Waals surface area (Å²) in [4.78, 5) is 5.86. The Labute approximate surface area is 185 Å². The standard InChI is InChI=1S/C25H24N3OSSi/c1-15-17-11-12-27(2)18(17)13-19-20(15)22-21-23(29-19)25(30-24(21)26-14-28(22)3)31(4,5)16-9-7-6-8-10-16/h6-14H,1-5H3/q+1. The summed E-state index contributed by atoms with van der Waals surface area (Å²) in [6.07, 6.45) is 4.07. The molecule has 4 aromatic heterocycles. The van der Waals surface area contributed by atoms with Crippen LogP contribution in [0.25, 0.3) is 43.2 Å². The van der Waals surface area contributed by atoms with Gasteiger partial charge < -0.3 is 8.98 Å². The van der Waals surface area contributed by atoms with Gasteiger partial charge in [-0.1, -0.05) is 48.6 Å². The third-order valence-electron chi connectivity index (χ3n) is 6.71. The van der Waals surface area contributed by atoms with Crippen LogP contribution < -0.4 is 14.3 Å². The van der Waals surface area contributed by atoms with Crippen molar-refractivity contribution in [1.29, 1.82) is 0 Å². The molecule has 0 fully saturated rings. The summed E-state index contributed by atoms with van der Waals surface area (Å²) in [5.41, 5.74) is 5.63. The van der Waals surface area contributed by atoms with Gasteiger partial charge in [0.05, 0.1) is 28.7 Å². The highest BCUT2D eigenvalue weighted by Gasteiger charge is 2.33. The van der Waals surface area contributed by atoms with Crippen LogP contribution in [0.4, 0.5) is 0 Å². The lowest BCUT2D eigenvalue weighted by atomic mass is 10.0. The lowest BCUT2D eigenvalue weighted by molar-refractivity contribution is -0.642. The Morgan fingerprint density at radius 2 is 1.87 bits per heavy atom. The molecule has 0 atom stereocenters. The Kier molecular flexibility index (Phi) is 3.80. The molecule has 0 saturated carbocycles. The molecular weight excluding hydrogens is 418 g/mol. The third kappa shape index (κ3) is 2.46. The molecule has 2 aromatic carbocycles. The molecule has 6 rings (SSSR count). The molecule has 0 N–H and O–H groups in total. The van der Waals surface area contributed by atoms with Crippen LogP contribution in [-0.4, -0.2) is 17.6 Å². The van der Waals surface area contributed by atoms with E-state index < -0.39 is 8.07 Å². The Hall–Kier alpha value is -2.96. The molecule has 0 aliphatic heterocycles. The average Bonchev–Trinajstić information content (AvgIpc) is 3.33. The molecule has 0 aliphatic carbocycles. The second-order valence-electron chi connectivity index (χ2n) is 8.97. The van der Waals surface area contributed by atoms with Crippen molar-refractivity contribution in [2.24, 2.45) is 14.1 Å². The molecule has 0 aliphatic rings. The van der Waals surface area contributed by atoms with Crippen LogP contribution in [0.2, 0.25) is 13.1 Å². The Balaban J connectivity index is 1.82. The van der Waals surface area contributed by atoms with Crippen molar-refractivity contribution in [1.82, 2.24) is 9.55 Å². The van der Waals surface area contributed by atoms with E-state index in [4.69, 9.17) is 9.40 Å². The zero-order chi connectivity index (χ0) is 21.5. The smallest absolute Gasteiger partial charge is 0.216 e. The zero-order valence-electron chi connectivity index (χ0n) is 18.4. The quantitative estimate of drug-likeness (QED) is 0.222. The van der Waals surface area contributed by atoms with Crippen LogP contribution >= 0.6 is 11.3 Å². The fraction of sp³-hybridized carbons (Fsp3) is 0.200. The fourth-order valence-electron chi connectivity index (χ4n) is 4.91. The summed E-state index contributed by atoms with van der Waals surface area (Å²) < 4.78 is 12.4. The molecule has 0 amide bonds. The molecule has 154 valence electrons. The highest BCUT2D eigenvalue weighted by atomic mass is 32.1. The maximum Gasteiger partial charge on any atom is 0.216 e. The summed E-state index contributed by atoms with van der Waals surface area (Å²) in [6.45, 7) is 7.03. The van der Waals surface area contributed by atoms with Crippen LogP contribution in [0.15, 0.2) is 59.4 Å². The van der Waals surface area contributed by atoms with Crippen LogP contribution in [0, 0.1) is 6.92 Å². The number of aromatic nitrogens is 3. The summed E-state index contributed by atoms with van der Waals surface area (Å²) in [7, 11) is 2.22. The number of nitrogens with zero attached hydrogens (tertiary/aromatic N) is 3. The van der Waals surface area contributed by atoms with Crippen LogP contribution in [0.5, 0.6) is 0 Å². The predicted molar refractivity (Wildman–Crippen MR) is 132 cm³/mol. The van der Waals surface area contributed by atoms with E-state index in [0.29, 0.717) is 0 Å². The maximum absolute atomic E-state index is 6.78. The molecule has 0 radical (unpaired) electrons. The van der Waals surface area contributed by atoms with Crippen LogP contribution in [-0.2, 0) is 14.1 Å². The van der Waals surface area contributed by atoms with Crippen molar-refractivity contribution >= 4 is 72.3 Å². The number of hydrogen-bond acceptors (Lipinski definition) is 3. The minimum Gasteiger partial charge on any atom is -0.455 e. The van der Waals surface area contributed by atoms with E-state index in [0.717, 1.165) is 21.4 Å². The van der Waals surface area contributed by atoms with Crippen molar-refractivity contribution in [2.45, 2.75) is 20.0 Å². The van der Waals surface area contributed by atoms with Crippen molar-refractivity contribution in [2.75, 3.05) is 0 Å². The van der Waals surface area contributed by atoms with E-state index >= 15 is 0 Å². The van der Waals surface area contributed by atoms with Crippen molar-refractivity contribution in [3.8, 4) is 0 Å². The number of fused-ring (bicyclic) bond motifs is 3. The largest absolute Gasteiger partial charge is 0.455 e. The first-order valence-electron chi connectivity index (χ1n) is 10.5. The summed E-state index contributed by atoms with van der Waals surface area (Å²) in [5.74, 6) is 0. The van der Waals surface area contributed by atoms with Crippen LogP contribution in [0.3, 0.4) is 0 Å². The van der Waals surface area contributed by atoms with Gasteiger partial charge in [0.1, 0.15) is 31.1 Å². The molecule has 0 spiro atoms. The first kappa shape index (κ1) is 18.8. The lowest BCUT2D eigenvalue weighted by Crippen LogP contribution is -2.51. The van der Waals surface area contributed by atoms with E-state index in [2.05, 4.69) is 91.9 Å². The monoisotopic (exact) mass is 442 g/mol. The maximum atomic E-state index is 6.78. The second kappa shape index (κ2) is 6.28. The molecule has 0 saturated heterocycles. The SMILES string of the molecule is Cc1c2cc[n+](C)c2cc2oc3c([Si](C)(C)c4ccccc4)sc4ncn(C)c(c12)c43. The predicted octanol–water partition coefficient (Wildman–Crippen LogP) is 4.64. The Bertz CT molecular complexity index is 1640. The Morgan fingerprint density at radius 3 is 2.65 bits per heavy atom. The first-order valence-corrected chi connectivity index (χ1v) is 14.3. The molecular formula is C25H24N3OSSi+. The van der Waals surface area contributed by atoms with Crippen molar-refractivity contribution in [3.63, 3.8) is 0 Å². The third-order valence-corrected chi connectivity index (χ3v) is 12.6. The average molecular weight is 443 g/mol. The molecule has 4 nitrogen and oxygen atoms in total. The van der Waals surface area contributed by atoms with E-state index in [-0.39, 0.29) is 0 Å². The van der Waals surface area contributed by atoms with Crippen molar-refractivity contribution < 1.29 is 8.98 Å². The van der Waals surface area contributed by atoms with E-state index in [9.17, 15) is 0 Å².